The molecule has 4 nitrogen and oxygen atoms in total. The molecule has 112 valence electrons. The highest BCUT2D eigenvalue weighted by Gasteiger charge is 2.12. The number of hydrogen-bond acceptors (Lipinski definition) is 4. The second-order valence-corrected chi connectivity index (χ2v) is 6.54. The molecule has 2 aromatic rings. The monoisotopic (exact) mass is 284 g/mol. The van der Waals surface area contributed by atoms with Crippen LogP contribution in [-0.4, -0.2) is 15.5 Å². The molecule has 0 aliphatic carbocycles. The Morgan fingerprint density at radius 1 is 0.952 bits per heavy atom. The number of rotatable bonds is 3. The van der Waals surface area contributed by atoms with Crippen molar-refractivity contribution in [2.24, 2.45) is 0 Å². The van der Waals surface area contributed by atoms with Crippen molar-refractivity contribution in [3.63, 3.8) is 0 Å². The van der Waals surface area contributed by atoms with Crippen LogP contribution in [0.3, 0.4) is 0 Å². The van der Waals surface area contributed by atoms with Gasteiger partial charge in [-0.05, 0) is 58.7 Å². The number of nitrogens with zero attached hydrogens (tertiary/aromatic N) is 2. The Kier molecular flexibility index (Phi) is 4.16. The fraction of sp³-hybridized carbons (Fsp3) is 0.412. The Bertz CT molecular complexity index is 642. The van der Waals surface area contributed by atoms with Crippen molar-refractivity contribution in [3.05, 3.63) is 41.1 Å². The molecular formula is C17H24N4. The minimum Gasteiger partial charge on any atom is -0.365 e. The van der Waals surface area contributed by atoms with E-state index in [0.717, 1.165) is 17.2 Å². The molecule has 1 aromatic heterocycles. The van der Waals surface area contributed by atoms with E-state index in [-0.39, 0.29) is 5.54 Å². The summed E-state index contributed by atoms with van der Waals surface area (Å²) in [6.45, 7) is 12.5. The minimum atomic E-state index is -0.0304. The van der Waals surface area contributed by atoms with Crippen molar-refractivity contribution in [3.8, 4) is 0 Å². The third-order valence-electron chi connectivity index (χ3n) is 3.00. The Morgan fingerprint density at radius 2 is 1.67 bits per heavy atom. The smallest absolute Gasteiger partial charge is 0.229 e. The number of aromatic nitrogens is 2. The second kappa shape index (κ2) is 5.72. The fourth-order valence-corrected chi connectivity index (χ4v) is 2.06. The number of aryl methyl sites for hydroxylation is 3. The van der Waals surface area contributed by atoms with Crippen molar-refractivity contribution < 1.29 is 0 Å². The predicted octanol–water partition coefficient (Wildman–Crippen LogP) is 4.36. The van der Waals surface area contributed by atoms with Crippen LogP contribution in [-0.2, 0) is 0 Å². The summed E-state index contributed by atoms with van der Waals surface area (Å²) in [5.41, 5.74) is 4.34. The largest absolute Gasteiger partial charge is 0.365 e. The lowest BCUT2D eigenvalue weighted by Gasteiger charge is -2.22. The molecule has 2 rings (SSSR count). The molecule has 0 spiro atoms. The summed E-state index contributed by atoms with van der Waals surface area (Å²) >= 11 is 0. The van der Waals surface area contributed by atoms with Crippen LogP contribution < -0.4 is 10.6 Å². The molecule has 0 saturated heterocycles. The molecule has 0 unspecified atom stereocenters. The first-order valence-corrected chi connectivity index (χ1v) is 7.21. The van der Waals surface area contributed by atoms with Crippen LogP contribution in [0.25, 0.3) is 0 Å². The van der Waals surface area contributed by atoms with Crippen molar-refractivity contribution in [2.75, 3.05) is 10.6 Å². The molecule has 0 saturated carbocycles. The summed E-state index contributed by atoms with van der Waals surface area (Å²) in [5.74, 6) is 1.46. The van der Waals surface area contributed by atoms with E-state index in [1.165, 1.54) is 11.1 Å². The molecule has 2 N–H and O–H groups in total. The summed E-state index contributed by atoms with van der Waals surface area (Å²) in [6, 6.07) is 8.27. The number of anilines is 3. The van der Waals surface area contributed by atoms with Gasteiger partial charge in [-0.1, -0.05) is 12.1 Å². The minimum absolute atomic E-state index is 0.0304. The quantitative estimate of drug-likeness (QED) is 0.879. The van der Waals surface area contributed by atoms with Gasteiger partial charge >= 0.3 is 0 Å². The first-order valence-electron chi connectivity index (χ1n) is 7.21. The van der Waals surface area contributed by atoms with Crippen molar-refractivity contribution in [1.29, 1.82) is 0 Å². The first-order chi connectivity index (χ1) is 9.73. The molecule has 0 aliphatic heterocycles. The van der Waals surface area contributed by atoms with E-state index in [1.54, 1.807) is 0 Å². The maximum absolute atomic E-state index is 4.55. The average Bonchev–Trinajstić information content (AvgIpc) is 2.31. The number of benzene rings is 1. The standard InChI is InChI=1S/C17H24N4/c1-11-7-8-12(2)14(9-11)19-16-18-13(3)10-15(20-16)21-17(4,5)6/h7-10H,1-6H3,(H2,18,19,20,21). The van der Waals surface area contributed by atoms with Crippen LogP contribution in [0.15, 0.2) is 24.3 Å². The maximum atomic E-state index is 4.55. The molecule has 21 heavy (non-hydrogen) atoms. The third kappa shape index (κ3) is 4.45. The molecule has 1 heterocycles. The molecular weight excluding hydrogens is 260 g/mol. The molecule has 4 heteroatoms. The first kappa shape index (κ1) is 15.3. The van der Waals surface area contributed by atoms with Crippen LogP contribution in [0.1, 0.15) is 37.6 Å². The van der Waals surface area contributed by atoms with Gasteiger partial charge in [0.2, 0.25) is 5.95 Å². The highest BCUT2D eigenvalue weighted by Crippen LogP contribution is 2.21. The highest BCUT2D eigenvalue weighted by atomic mass is 15.2. The molecule has 0 aliphatic rings. The predicted molar refractivity (Wildman–Crippen MR) is 89.3 cm³/mol. The lowest BCUT2D eigenvalue weighted by atomic mass is 10.1. The average molecular weight is 284 g/mol. The Balaban J connectivity index is 2.30. The Labute approximate surface area is 127 Å². The van der Waals surface area contributed by atoms with Crippen molar-refractivity contribution in [1.82, 2.24) is 9.97 Å². The summed E-state index contributed by atoms with van der Waals surface area (Å²) in [7, 11) is 0. The fourth-order valence-electron chi connectivity index (χ4n) is 2.06. The summed E-state index contributed by atoms with van der Waals surface area (Å²) in [5, 5.41) is 6.70. The summed E-state index contributed by atoms with van der Waals surface area (Å²) < 4.78 is 0. The van der Waals surface area contributed by atoms with E-state index in [9.17, 15) is 0 Å². The van der Waals surface area contributed by atoms with E-state index in [0.29, 0.717) is 5.95 Å². The molecule has 0 atom stereocenters. The van der Waals surface area contributed by atoms with Crippen LogP contribution in [0, 0.1) is 20.8 Å². The molecule has 1 aromatic carbocycles. The van der Waals surface area contributed by atoms with Crippen molar-refractivity contribution in [2.45, 2.75) is 47.1 Å². The van der Waals surface area contributed by atoms with Gasteiger partial charge in [0.25, 0.3) is 0 Å². The zero-order chi connectivity index (χ0) is 15.6. The Hall–Kier alpha value is -2.10. The van der Waals surface area contributed by atoms with Gasteiger partial charge in [-0.3, -0.25) is 0 Å². The number of nitrogens with one attached hydrogen (secondary N) is 2. The van der Waals surface area contributed by atoms with E-state index in [4.69, 9.17) is 0 Å². The van der Waals surface area contributed by atoms with E-state index in [2.05, 4.69) is 73.4 Å². The van der Waals surface area contributed by atoms with Crippen LogP contribution >= 0.6 is 0 Å². The molecule has 0 fully saturated rings. The molecule has 0 amide bonds. The third-order valence-corrected chi connectivity index (χ3v) is 3.00. The maximum Gasteiger partial charge on any atom is 0.229 e. The van der Waals surface area contributed by atoms with Gasteiger partial charge in [0.05, 0.1) is 0 Å². The Morgan fingerprint density at radius 3 is 2.33 bits per heavy atom. The summed E-state index contributed by atoms with van der Waals surface area (Å²) in [6.07, 6.45) is 0. The lowest BCUT2D eigenvalue weighted by molar-refractivity contribution is 0.630. The van der Waals surface area contributed by atoms with Gasteiger partial charge < -0.3 is 10.6 Å². The van der Waals surface area contributed by atoms with Crippen LogP contribution in [0.4, 0.5) is 17.5 Å². The van der Waals surface area contributed by atoms with E-state index >= 15 is 0 Å². The highest BCUT2D eigenvalue weighted by molar-refractivity contribution is 5.60. The van der Waals surface area contributed by atoms with Gasteiger partial charge in [-0.15, -0.1) is 0 Å². The van der Waals surface area contributed by atoms with Gasteiger partial charge in [0.15, 0.2) is 0 Å². The van der Waals surface area contributed by atoms with Gasteiger partial charge in [0, 0.05) is 23.0 Å². The number of hydrogen-bond donors (Lipinski definition) is 2. The lowest BCUT2D eigenvalue weighted by Crippen LogP contribution is -2.27. The SMILES string of the molecule is Cc1ccc(C)c(Nc2nc(C)cc(NC(C)(C)C)n2)c1. The summed E-state index contributed by atoms with van der Waals surface area (Å²) in [4.78, 5) is 9.02. The topological polar surface area (TPSA) is 49.8 Å². The van der Waals surface area contributed by atoms with Crippen LogP contribution in [0.5, 0.6) is 0 Å². The second-order valence-electron chi connectivity index (χ2n) is 6.54. The van der Waals surface area contributed by atoms with Crippen LogP contribution in [0.2, 0.25) is 0 Å². The van der Waals surface area contributed by atoms with Gasteiger partial charge in [0.1, 0.15) is 5.82 Å². The van der Waals surface area contributed by atoms with E-state index < -0.39 is 0 Å². The zero-order valence-electron chi connectivity index (χ0n) is 13.7. The zero-order valence-corrected chi connectivity index (χ0v) is 13.7. The normalized spacial score (nSPS) is 11.3. The molecule has 0 bridgehead atoms. The van der Waals surface area contributed by atoms with E-state index in [1.807, 2.05) is 13.0 Å². The van der Waals surface area contributed by atoms with Crippen molar-refractivity contribution >= 4 is 17.5 Å². The molecule has 0 radical (unpaired) electrons. The van der Waals surface area contributed by atoms with Gasteiger partial charge in [-0.2, -0.15) is 4.98 Å². The van der Waals surface area contributed by atoms with Gasteiger partial charge in [-0.25, -0.2) is 4.98 Å².